The second-order valence-corrected chi connectivity index (χ2v) is 4.60. The molecule has 86 valence electrons. The highest BCUT2D eigenvalue weighted by atomic mass is 15.2. The lowest BCUT2D eigenvalue weighted by Crippen LogP contribution is -2.21. The number of hydrogen-bond donors (Lipinski definition) is 1. The van der Waals surface area contributed by atoms with Gasteiger partial charge in [0.15, 0.2) is 0 Å². The summed E-state index contributed by atoms with van der Waals surface area (Å²) in [6.45, 7) is 9.41. The fourth-order valence-corrected chi connectivity index (χ4v) is 1.78. The predicted octanol–water partition coefficient (Wildman–Crippen LogP) is 2.45. The van der Waals surface area contributed by atoms with Crippen LogP contribution in [-0.2, 0) is 6.54 Å². The molecular weight excluding hydrogens is 198 g/mol. The van der Waals surface area contributed by atoms with Crippen LogP contribution in [0.15, 0.2) is 18.3 Å². The Kier molecular flexibility index (Phi) is 2.97. The molecule has 0 aliphatic heterocycles. The number of hydrogen-bond acceptors (Lipinski definition) is 2. The molecule has 0 saturated carbocycles. The number of pyridine rings is 1. The van der Waals surface area contributed by atoms with Crippen molar-refractivity contribution < 1.29 is 0 Å². The molecule has 0 aliphatic rings. The molecule has 0 aromatic carbocycles. The first-order valence-electron chi connectivity index (χ1n) is 5.76. The highest BCUT2D eigenvalue weighted by Gasteiger charge is 2.06. The van der Waals surface area contributed by atoms with Crippen LogP contribution in [0.1, 0.15) is 30.7 Å². The van der Waals surface area contributed by atoms with Crippen molar-refractivity contribution in [2.45, 2.75) is 40.3 Å². The maximum atomic E-state index is 4.43. The van der Waals surface area contributed by atoms with Crippen molar-refractivity contribution in [3.63, 3.8) is 0 Å². The molecule has 0 radical (unpaired) electrons. The molecule has 0 fully saturated rings. The Balaban J connectivity index is 2.38. The van der Waals surface area contributed by atoms with Crippen LogP contribution in [0, 0.1) is 13.8 Å². The molecular formula is C13H19N3. The van der Waals surface area contributed by atoms with Gasteiger partial charge in [0.1, 0.15) is 0 Å². The van der Waals surface area contributed by atoms with Gasteiger partial charge in [-0.1, -0.05) is 19.9 Å². The first-order valence-corrected chi connectivity index (χ1v) is 5.76. The summed E-state index contributed by atoms with van der Waals surface area (Å²) in [4.78, 5) is 0. The van der Waals surface area contributed by atoms with Crippen LogP contribution in [0.4, 0.5) is 0 Å². The Morgan fingerprint density at radius 1 is 1.31 bits per heavy atom. The summed E-state index contributed by atoms with van der Waals surface area (Å²) in [7, 11) is 0. The summed E-state index contributed by atoms with van der Waals surface area (Å²) in [5.74, 6) is 0. The SMILES string of the molecule is Cc1ccc2c(CNC(C)C)cnn2c1C. The number of nitrogens with zero attached hydrogens (tertiary/aromatic N) is 2. The van der Waals surface area contributed by atoms with Crippen LogP contribution in [0.5, 0.6) is 0 Å². The van der Waals surface area contributed by atoms with Crippen molar-refractivity contribution in [2.24, 2.45) is 0 Å². The zero-order chi connectivity index (χ0) is 11.7. The van der Waals surface area contributed by atoms with Gasteiger partial charge >= 0.3 is 0 Å². The fraction of sp³-hybridized carbons (Fsp3) is 0.462. The minimum atomic E-state index is 0.501. The van der Waals surface area contributed by atoms with E-state index >= 15 is 0 Å². The fourth-order valence-electron chi connectivity index (χ4n) is 1.78. The van der Waals surface area contributed by atoms with Crippen LogP contribution < -0.4 is 5.32 Å². The summed E-state index contributed by atoms with van der Waals surface area (Å²) >= 11 is 0. The van der Waals surface area contributed by atoms with E-state index < -0.39 is 0 Å². The lowest BCUT2D eigenvalue weighted by Gasteiger charge is -2.07. The monoisotopic (exact) mass is 217 g/mol. The summed E-state index contributed by atoms with van der Waals surface area (Å²) in [6.07, 6.45) is 1.96. The smallest absolute Gasteiger partial charge is 0.0709 e. The second-order valence-electron chi connectivity index (χ2n) is 4.60. The maximum Gasteiger partial charge on any atom is 0.0709 e. The number of nitrogens with one attached hydrogen (secondary N) is 1. The Bertz CT molecular complexity index is 497. The predicted molar refractivity (Wildman–Crippen MR) is 66.6 cm³/mol. The summed E-state index contributed by atoms with van der Waals surface area (Å²) < 4.78 is 2.02. The van der Waals surface area contributed by atoms with Gasteiger partial charge in [-0.25, -0.2) is 4.52 Å². The van der Waals surface area contributed by atoms with E-state index in [1.54, 1.807) is 0 Å². The molecule has 1 N–H and O–H groups in total. The molecule has 0 aliphatic carbocycles. The van der Waals surface area contributed by atoms with Crippen LogP contribution in [0.2, 0.25) is 0 Å². The first-order chi connectivity index (χ1) is 7.59. The van der Waals surface area contributed by atoms with E-state index in [0.29, 0.717) is 6.04 Å². The van der Waals surface area contributed by atoms with Crippen molar-refractivity contribution >= 4 is 5.52 Å². The minimum absolute atomic E-state index is 0.501. The Morgan fingerprint density at radius 2 is 2.06 bits per heavy atom. The minimum Gasteiger partial charge on any atom is -0.310 e. The molecule has 2 aromatic rings. The largest absolute Gasteiger partial charge is 0.310 e. The van der Waals surface area contributed by atoms with Crippen molar-refractivity contribution in [3.8, 4) is 0 Å². The summed E-state index contributed by atoms with van der Waals surface area (Å²) in [5, 5.41) is 7.85. The van der Waals surface area contributed by atoms with E-state index in [1.165, 1.54) is 22.3 Å². The number of fused-ring (bicyclic) bond motifs is 1. The van der Waals surface area contributed by atoms with E-state index in [0.717, 1.165) is 6.54 Å². The topological polar surface area (TPSA) is 29.3 Å². The molecule has 3 nitrogen and oxygen atoms in total. The summed E-state index contributed by atoms with van der Waals surface area (Å²) in [5.41, 5.74) is 4.96. The van der Waals surface area contributed by atoms with E-state index in [4.69, 9.17) is 0 Å². The van der Waals surface area contributed by atoms with Gasteiger partial charge in [0.25, 0.3) is 0 Å². The standard InChI is InChI=1S/C13H19N3/c1-9(2)14-7-12-8-15-16-11(4)10(3)5-6-13(12)16/h5-6,8-9,14H,7H2,1-4H3. The highest BCUT2D eigenvalue weighted by Crippen LogP contribution is 2.15. The summed E-state index contributed by atoms with van der Waals surface area (Å²) in [6, 6.07) is 4.80. The molecule has 16 heavy (non-hydrogen) atoms. The van der Waals surface area contributed by atoms with Gasteiger partial charge in [0, 0.05) is 23.8 Å². The van der Waals surface area contributed by atoms with E-state index in [9.17, 15) is 0 Å². The van der Waals surface area contributed by atoms with E-state index in [1.807, 2.05) is 10.7 Å². The highest BCUT2D eigenvalue weighted by molar-refractivity contribution is 5.55. The Hall–Kier alpha value is -1.35. The zero-order valence-corrected chi connectivity index (χ0v) is 10.4. The first kappa shape index (κ1) is 11.1. The van der Waals surface area contributed by atoms with Crippen molar-refractivity contribution in [2.75, 3.05) is 0 Å². The normalized spacial score (nSPS) is 11.6. The van der Waals surface area contributed by atoms with Crippen LogP contribution in [-0.4, -0.2) is 15.7 Å². The molecule has 0 saturated heterocycles. The van der Waals surface area contributed by atoms with Gasteiger partial charge in [0.05, 0.1) is 11.7 Å². The van der Waals surface area contributed by atoms with Crippen molar-refractivity contribution in [3.05, 3.63) is 35.2 Å². The van der Waals surface area contributed by atoms with E-state index in [-0.39, 0.29) is 0 Å². The molecule has 0 spiro atoms. The van der Waals surface area contributed by atoms with Crippen LogP contribution in [0.25, 0.3) is 5.52 Å². The molecule has 0 unspecified atom stereocenters. The maximum absolute atomic E-state index is 4.43. The van der Waals surface area contributed by atoms with Gasteiger partial charge in [-0.2, -0.15) is 5.10 Å². The van der Waals surface area contributed by atoms with Crippen molar-refractivity contribution in [1.29, 1.82) is 0 Å². The Labute approximate surface area is 96.5 Å². The van der Waals surface area contributed by atoms with Gasteiger partial charge in [-0.15, -0.1) is 0 Å². The van der Waals surface area contributed by atoms with Gasteiger partial charge < -0.3 is 5.32 Å². The van der Waals surface area contributed by atoms with Crippen LogP contribution >= 0.6 is 0 Å². The molecule has 0 amide bonds. The van der Waals surface area contributed by atoms with Gasteiger partial charge in [-0.3, -0.25) is 0 Å². The Morgan fingerprint density at radius 3 is 2.75 bits per heavy atom. The lowest BCUT2D eigenvalue weighted by molar-refractivity contribution is 0.590. The third-order valence-corrected chi connectivity index (χ3v) is 2.97. The third-order valence-electron chi connectivity index (χ3n) is 2.97. The molecule has 2 aromatic heterocycles. The van der Waals surface area contributed by atoms with Crippen molar-refractivity contribution in [1.82, 2.24) is 14.9 Å². The average molecular weight is 217 g/mol. The average Bonchev–Trinajstić information content (AvgIpc) is 2.64. The van der Waals surface area contributed by atoms with E-state index in [2.05, 4.69) is 50.2 Å². The lowest BCUT2D eigenvalue weighted by atomic mass is 10.2. The van der Waals surface area contributed by atoms with Crippen LogP contribution in [0.3, 0.4) is 0 Å². The molecule has 2 rings (SSSR count). The quantitative estimate of drug-likeness (QED) is 0.855. The molecule has 0 bridgehead atoms. The number of aryl methyl sites for hydroxylation is 2. The number of aromatic nitrogens is 2. The molecule has 3 heteroatoms. The van der Waals surface area contributed by atoms with Gasteiger partial charge in [0.2, 0.25) is 0 Å². The molecule has 2 heterocycles. The second kappa shape index (κ2) is 4.26. The van der Waals surface area contributed by atoms with Gasteiger partial charge in [-0.05, 0) is 25.5 Å². The molecule has 0 atom stereocenters. The third kappa shape index (κ3) is 1.95. The number of rotatable bonds is 3. The zero-order valence-electron chi connectivity index (χ0n) is 10.4.